The number of aliphatic hydroxyl groups excluding tert-OH is 6. The summed E-state index contributed by atoms with van der Waals surface area (Å²) in [6.45, 7) is 5.08. The third-order valence-corrected chi connectivity index (χ3v) is 13.5. The van der Waals surface area contributed by atoms with E-state index >= 15 is 0 Å². The maximum atomic E-state index is 12.7. The molecule has 0 radical (unpaired) electrons. The summed E-state index contributed by atoms with van der Waals surface area (Å²) in [5.41, 5.74) is 2.29. The second-order valence-electron chi connectivity index (χ2n) is 16.7. The van der Waals surface area contributed by atoms with Crippen LogP contribution in [-0.4, -0.2) is 259 Å². The maximum absolute atomic E-state index is 12.7. The molecule has 44 heteroatoms. The number of carboxylic acid groups (broad SMARTS) is 2. The van der Waals surface area contributed by atoms with Gasteiger partial charge in [0.05, 0.1) is 13.2 Å². The van der Waals surface area contributed by atoms with Crippen molar-refractivity contribution in [1.82, 2.24) is 10.0 Å². The molecule has 4 saturated heterocycles. The van der Waals surface area contributed by atoms with Crippen LogP contribution >= 0.6 is 0 Å². The molecular formula is C36H52N2O37S5. The first-order valence-corrected chi connectivity index (χ1v) is 28.6. The number of benzene rings is 1. The molecule has 1 aromatic carbocycles. The van der Waals surface area contributed by atoms with Crippen molar-refractivity contribution in [3.05, 3.63) is 48.6 Å². The molecule has 39 nitrogen and oxygen atoms in total. The van der Waals surface area contributed by atoms with Crippen LogP contribution in [0.3, 0.4) is 0 Å². The average Bonchev–Trinajstić information content (AvgIpc) is 3.31. The number of carbonyl (C=O) groups is 3. The van der Waals surface area contributed by atoms with Crippen molar-refractivity contribution in [1.29, 1.82) is 0 Å². The van der Waals surface area contributed by atoms with Crippen LogP contribution in [0.2, 0.25) is 0 Å². The third-order valence-electron chi connectivity index (χ3n) is 11.1. The number of hydrogen-bond acceptors (Lipinski definition) is 30. The van der Waals surface area contributed by atoms with Gasteiger partial charge in [-0.25, -0.2) is 26.3 Å². The lowest BCUT2D eigenvalue weighted by Gasteiger charge is -2.50. The second kappa shape index (κ2) is 27.6. The molecular weight excluding hydrogens is 1210 g/mol. The zero-order valence-corrected chi connectivity index (χ0v) is 44.1. The van der Waals surface area contributed by atoms with Gasteiger partial charge in [-0.15, -0.1) is 0 Å². The highest BCUT2D eigenvalue weighted by Crippen LogP contribution is 2.37. The summed E-state index contributed by atoms with van der Waals surface area (Å²) in [6.07, 6.45) is -45.4. The summed E-state index contributed by atoms with van der Waals surface area (Å²) in [5.74, 6) is -5.49. The van der Waals surface area contributed by atoms with Crippen molar-refractivity contribution in [2.24, 2.45) is 0 Å². The van der Waals surface area contributed by atoms with E-state index < -0.39 is 206 Å². The number of rotatable bonds is 23. The molecule has 0 unspecified atom stereocenters. The lowest BCUT2D eigenvalue weighted by molar-refractivity contribution is -0.366. The molecule has 0 bridgehead atoms. The molecule has 0 aromatic heterocycles. The number of ether oxygens (including phenoxy) is 7. The zero-order chi connectivity index (χ0) is 60.8. The van der Waals surface area contributed by atoms with Gasteiger partial charge in [-0.05, 0) is 11.1 Å². The van der Waals surface area contributed by atoms with Gasteiger partial charge in [0, 0.05) is 6.92 Å². The van der Waals surface area contributed by atoms with Gasteiger partial charge in [-0.3, -0.25) is 27.6 Å². The van der Waals surface area contributed by atoms with Crippen molar-refractivity contribution in [3.63, 3.8) is 0 Å². The third kappa shape index (κ3) is 19.5. The van der Waals surface area contributed by atoms with Crippen molar-refractivity contribution in [3.8, 4) is 0 Å². The van der Waals surface area contributed by atoms with Crippen molar-refractivity contribution in [2.75, 3.05) is 13.2 Å². The lowest BCUT2D eigenvalue weighted by Crippen LogP contribution is -2.71. The Kier molecular flexibility index (Phi) is 23.6. The van der Waals surface area contributed by atoms with Crippen LogP contribution in [-0.2, 0) is 116 Å². The Labute approximate surface area is 451 Å². The first-order valence-electron chi connectivity index (χ1n) is 21.7. The second-order valence-corrected chi connectivity index (χ2v) is 22.1. The zero-order valence-electron chi connectivity index (χ0n) is 40.0. The normalized spacial score (nSPS) is 35.4. The Morgan fingerprint density at radius 3 is 1.43 bits per heavy atom. The summed E-state index contributed by atoms with van der Waals surface area (Å²) in [6, 6.07) is 3.11. The Bertz CT molecular complexity index is 2890. The standard InChI is InChI=1S/C26H42N2O37S5.C10H10/c1-4(30)27-7-9(31)13(6(56-23(7)39)3-55-67(43,44)45)58-26-19(65-70(52,53)54)12(34)16(20(62-26)22(37)38)60-24-8(28-66(40,41)42)15(63-68(46,47)48)14(5(2-29)57-24)59-25-18(64-69(49,50)51)11(33)10(32)17(61-25)21(35)36;1-3-9-5-7-10(4-2)8-6-9/h5-20,23-26,28-29,31-34,39H,2-3H2,1H3,(H,27,30)(H,35,36)(H,37,38)(H,40,41,42)(H,43,44,45)(H,46,47,48)(H,49,50,51)(H,52,53,54);3-8H,1-2H2/t5-,6+,7-,8-,9-,10-,11-,12+,13-,14-,15-,16+,17-,18+,19-,20+,23-,24+,25+,26-;/m1./s1. The van der Waals surface area contributed by atoms with Crippen LogP contribution < -0.4 is 10.0 Å². The molecule has 80 heavy (non-hydrogen) atoms. The van der Waals surface area contributed by atoms with E-state index in [1.165, 1.54) is 4.72 Å². The molecule has 4 aliphatic heterocycles. The first-order chi connectivity index (χ1) is 36.7. The first kappa shape index (κ1) is 68.4. The summed E-state index contributed by atoms with van der Waals surface area (Å²) in [7, 11) is -29.1. The van der Waals surface area contributed by atoms with E-state index in [0.29, 0.717) is 0 Å². The highest BCUT2D eigenvalue weighted by Gasteiger charge is 2.60. The van der Waals surface area contributed by atoms with Crippen LogP contribution in [0.5, 0.6) is 0 Å². The summed E-state index contributed by atoms with van der Waals surface area (Å²) in [4.78, 5) is 36.4. The van der Waals surface area contributed by atoms with E-state index in [-0.39, 0.29) is 0 Å². The van der Waals surface area contributed by atoms with Gasteiger partial charge in [0.1, 0.15) is 73.1 Å². The van der Waals surface area contributed by atoms with Gasteiger partial charge in [0.2, 0.25) is 5.91 Å². The van der Waals surface area contributed by atoms with E-state index in [2.05, 4.69) is 29.9 Å². The number of aliphatic hydroxyl groups is 6. The monoisotopic (exact) mass is 1260 g/mol. The summed E-state index contributed by atoms with van der Waals surface area (Å²) >= 11 is 0. The quantitative estimate of drug-likeness (QED) is 0.0453. The van der Waals surface area contributed by atoms with Crippen LogP contribution in [0.1, 0.15) is 18.1 Å². The van der Waals surface area contributed by atoms with E-state index in [1.54, 1.807) is 0 Å². The predicted octanol–water partition coefficient (Wildman–Crippen LogP) is -7.74. The maximum Gasteiger partial charge on any atom is 0.397 e. The molecule has 0 spiro atoms. The Morgan fingerprint density at radius 2 is 1.00 bits per heavy atom. The number of amides is 1. The number of hydrogen-bond donors (Lipinski definition) is 15. The molecule has 0 saturated carbocycles. The van der Waals surface area contributed by atoms with Crippen LogP contribution in [0, 0.1) is 0 Å². The highest BCUT2D eigenvalue weighted by molar-refractivity contribution is 7.83. The SMILES string of the molecule is C=Cc1ccc(C=C)cc1.CC(=O)N[C@@H]1[C@@H](O)[C@H](O[C@@H]2O[C@H](C(=O)O)[C@@H](O[C@@H]3O[C@H](CO)[C@@H](O[C@H]4O[C@@H](C(=O)O)[C@H](O)[C@@H](O)[C@@H]4OS(=O)(=O)O)[C@H](OS(=O)(=O)O)[C@H]3NS(=O)(=O)O)[C@H](O)[C@H]2OS(=O)(=O)O)[C@H](COS(=O)(=O)O)O[C@H]1O. The van der Waals surface area contributed by atoms with Gasteiger partial charge in [0.25, 0.3) is 0 Å². The number of carbonyl (C=O) groups excluding carboxylic acids is 1. The van der Waals surface area contributed by atoms with Gasteiger partial charge >= 0.3 is 63.8 Å². The Morgan fingerprint density at radius 1 is 0.550 bits per heavy atom. The molecule has 4 fully saturated rings. The highest BCUT2D eigenvalue weighted by atomic mass is 32.3. The van der Waals surface area contributed by atoms with Gasteiger partial charge < -0.3 is 79.3 Å². The van der Waals surface area contributed by atoms with Crippen molar-refractivity contribution >= 4 is 81.9 Å². The van der Waals surface area contributed by atoms with Gasteiger partial charge in [0.15, 0.2) is 49.6 Å². The van der Waals surface area contributed by atoms with E-state index in [1.807, 2.05) is 41.7 Å². The minimum Gasteiger partial charge on any atom is -0.479 e. The Hall–Kier alpha value is -4.06. The molecule has 20 atom stereocenters. The van der Waals surface area contributed by atoms with Crippen LogP contribution in [0.25, 0.3) is 12.2 Å². The van der Waals surface area contributed by atoms with E-state index in [0.717, 1.165) is 18.1 Å². The number of aliphatic carboxylic acids is 2. The molecule has 1 amide bonds. The van der Waals surface area contributed by atoms with Crippen molar-refractivity contribution in [2.45, 2.75) is 130 Å². The summed E-state index contributed by atoms with van der Waals surface area (Å²) in [5, 5.41) is 86.0. The summed E-state index contributed by atoms with van der Waals surface area (Å²) < 4.78 is 222. The predicted molar refractivity (Wildman–Crippen MR) is 247 cm³/mol. The molecule has 458 valence electrons. The van der Waals surface area contributed by atoms with Gasteiger partial charge in [-0.1, -0.05) is 49.6 Å². The number of carboxylic acids is 2. The van der Waals surface area contributed by atoms with E-state index in [4.69, 9.17) is 37.7 Å². The lowest BCUT2D eigenvalue weighted by atomic mass is 9.94. The molecule has 5 rings (SSSR count). The van der Waals surface area contributed by atoms with Crippen molar-refractivity contribution < 1.29 is 170 Å². The molecule has 4 aliphatic rings. The smallest absolute Gasteiger partial charge is 0.397 e. The number of nitrogens with one attached hydrogen (secondary N) is 2. The topological polar surface area (TPSA) is 610 Å². The minimum absolute atomic E-state index is 0.840. The molecule has 0 aliphatic carbocycles. The molecule has 1 aromatic rings. The molecule has 4 heterocycles. The van der Waals surface area contributed by atoms with Crippen LogP contribution in [0.4, 0.5) is 0 Å². The average molecular weight is 1270 g/mol. The minimum atomic E-state index is -6.09. The fourth-order valence-electron chi connectivity index (χ4n) is 7.82. The molecule has 15 N–H and O–H groups in total. The van der Waals surface area contributed by atoms with Gasteiger partial charge in [-0.2, -0.15) is 46.8 Å². The van der Waals surface area contributed by atoms with E-state index in [9.17, 15) is 116 Å². The largest absolute Gasteiger partial charge is 0.479 e. The Balaban J connectivity index is 0.00000124. The fraction of sp³-hybridized carbons (Fsp3) is 0.639. The van der Waals surface area contributed by atoms with Crippen LogP contribution in [0.15, 0.2) is 37.4 Å². The fourth-order valence-corrected chi connectivity index (χ4v) is 10.2.